The van der Waals surface area contributed by atoms with Crippen LogP contribution in [-0.2, 0) is 10.0 Å². The molecule has 0 amide bonds. The van der Waals surface area contributed by atoms with Crippen LogP contribution in [0.4, 0.5) is 21.5 Å². The summed E-state index contributed by atoms with van der Waals surface area (Å²) in [5.41, 5.74) is 3.73. The average molecular weight is 531 g/mol. The second-order valence-electron chi connectivity index (χ2n) is 8.18. The number of nitrogens with zero attached hydrogens (tertiary/aromatic N) is 4. The van der Waals surface area contributed by atoms with Gasteiger partial charge in [-0.05, 0) is 56.6 Å². The lowest BCUT2D eigenvalue weighted by atomic mass is 10.1. The monoisotopic (exact) mass is 530 g/mol. The van der Waals surface area contributed by atoms with Gasteiger partial charge in [0.15, 0.2) is 0 Å². The van der Waals surface area contributed by atoms with Crippen molar-refractivity contribution < 1.29 is 17.5 Å². The Bertz CT molecular complexity index is 1520. The first-order valence-corrected chi connectivity index (χ1v) is 12.9. The number of hydrogen-bond acceptors (Lipinski definition) is 8. The SMILES string of the molecule is COc1ncc(-c2ccc3nccc(Nc4ccc(F)c(Cl)c4)c3n2)cc1NS(=O)(=O)CCN(C)C. The van der Waals surface area contributed by atoms with Crippen LogP contribution >= 0.6 is 11.6 Å². The molecule has 0 saturated carbocycles. The second-order valence-corrected chi connectivity index (χ2v) is 10.4. The molecule has 1 aromatic carbocycles. The lowest BCUT2D eigenvalue weighted by molar-refractivity contribution is 0.400. The number of aromatic nitrogens is 3. The van der Waals surface area contributed by atoms with E-state index in [9.17, 15) is 12.8 Å². The van der Waals surface area contributed by atoms with Crippen LogP contribution in [0, 0.1) is 5.82 Å². The number of methoxy groups -OCH3 is 1. The smallest absolute Gasteiger partial charge is 0.238 e. The Hall–Kier alpha value is -3.54. The highest BCUT2D eigenvalue weighted by atomic mass is 35.5. The van der Waals surface area contributed by atoms with E-state index >= 15 is 0 Å². The summed E-state index contributed by atoms with van der Waals surface area (Å²) in [7, 11) is 1.38. The normalized spacial score (nSPS) is 11.6. The van der Waals surface area contributed by atoms with Crippen LogP contribution in [-0.4, -0.2) is 61.8 Å². The molecule has 0 aliphatic carbocycles. The van der Waals surface area contributed by atoms with Crippen molar-refractivity contribution in [1.29, 1.82) is 0 Å². The summed E-state index contributed by atoms with van der Waals surface area (Å²) in [4.78, 5) is 15.1. The van der Waals surface area contributed by atoms with Crippen molar-refractivity contribution in [3.05, 3.63) is 65.7 Å². The quantitative estimate of drug-likeness (QED) is 0.324. The molecule has 0 bridgehead atoms. The molecule has 3 heterocycles. The van der Waals surface area contributed by atoms with E-state index in [-0.39, 0.29) is 22.3 Å². The van der Waals surface area contributed by atoms with Crippen molar-refractivity contribution in [3.8, 4) is 17.1 Å². The Balaban J connectivity index is 1.70. The highest BCUT2D eigenvalue weighted by molar-refractivity contribution is 7.92. The minimum atomic E-state index is -3.63. The van der Waals surface area contributed by atoms with Gasteiger partial charge in [-0.3, -0.25) is 9.71 Å². The van der Waals surface area contributed by atoms with Crippen LogP contribution < -0.4 is 14.8 Å². The predicted octanol–water partition coefficient (Wildman–Crippen LogP) is 4.54. The Kier molecular flexibility index (Phi) is 7.53. The van der Waals surface area contributed by atoms with Crippen molar-refractivity contribution in [2.75, 3.05) is 43.5 Å². The van der Waals surface area contributed by atoms with E-state index in [1.165, 1.54) is 19.2 Å². The number of halogens is 2. The summed E-state index contributed by atoms with van der Waals surface area (Å²) in [6, 6.07) is 11.3. The summed E-state index contributed by atoms with van der Waals surface area (Å²) >= 11 is 5.91. The highest BCUT2D eigenvalue weighted by Crippen LogP contribution is 2.31. The summed E-state index contributed by atoms with van der Waals surface area (Å²) in [5, 5.41) is 3.19. The summed E-state index contributed by atoms with van der Waals surface area (Å²) in [6.45, 7) is 0.360. The van der Waals surface area contributed by atoms with Gasteiger partial charge in [-0.1, -0.05) is 11.6 Å². The molecule has 0 fully saturated rings. The van der Waals surface area contributed by atoms with Gasteiger partial charge in [-0.15, -0.1) is 0 Å². The molecule has 3 aromatic heterocycles. The predicted molar refractivity (Wildman–Crippen MR) is 140 cm³/mol. The zero-order chi connectivity index (χ0) is 25.9. The molecule has 0 unspecified atom stereocenters. The maximum Gasteiger partial charge on any atom is 0.238 e. The van der Waals surface area contributed by atoms with Crippen LogP contribution in [0.5, 0.6) is 5.88 Å². The van der Waals surface area contributed by atoms with Crippen molar-refractivity contribution in [1.82, 2.24) is 19.9 Å². The van der Waals surface area contributed by atoms with Crippen molar-refractivity contribution in [2.45, 2.75) is 0 Å². The molecule has 0 radical (unpaired) electrons. The van der Waals surface area contributed by atoms with Crippen LogP contribution in [0.1, 0.15) is 0 Å². The fourth-order valence-electron chi connectivity index (χ4n) is 3.37. The Labute approximate surface area is 213 Å². The summed E-state index contributed by atoms with van der Waals surface area (Å²) in [6.07, 6.45) is 3.18. The van der Waals surface area contributed by atoms with Gasteiger partial charge in [0.2, 0.25) is 15.9 Å². The van der Waals surface area contributed by atoms with Crippen molar-refractivity contribution in [2.24, 2.45) is 0 Å². The van der Waals surface area contributed by atoms with E-state index in [1.54, 1.807) is 61.7 Å². The lowest BCUT2D eigenvalue weighted by Gasteiger charge is -2.14. The molecule has 12 heteroatoms. The van der Waals surface area contributed by atoms with Gasteiger partial charge >= 0.3 is 0 Å². The zero-order valence-electron chi connectivity index (χ0n) is 19.8. The first-order chi connectivity index (χ1) is 17.1. The Morgan fingerprint density at radius 3 is 2.61 bits per heavy atom. The standard InChI is InChI=1S/C24H24ClFN6O3S/c1-32(2)10-11-36(33,34)31-22-12-15(14-28-24(22)35-3)19-6-7-20-23(30-19)21(8-9-27-20)29-16-4-5-18(26)17(25)13-16/h4-9,12-14,31H,10-11H2,1-3H3,(H,27,29). The van der Waals surface area contributed by atoms with Crippen molar-refractivity contribution in [3.63, 3.8) is 0 Å². The van der Waals surface area contributed by atoms with E-state index in [2.05, 4.69) is 20.0 Å². The molecule has 36 heavy (non-hydrogen) atoms. The number of hydrogen-bond donors (Lipinski definition) is 2. The topological polar surface area (TPSA) is 109 Å². The molecule has 0 aliphatic rings. The average Bonchev–Trinajstić information content (AvgIpc) is 2.85. The van der Waals surface area contributed by atoms with Gasteiger partial charge in [0, 0.05) is 30.2 Å². The fraction of sp³-hybridized carbons (Fsp3) is 0.208. The number of benzene rings is 1. The van der Waals surface area contributed by atoms with Gasteiger partial charge in [0.1, 0.15) is 17.0 Å². The third-order valence-corrected chi connectivity index (χ3v) is 6.74. The van der Waals surface area contributed by atoms with E-state index in [1.807, 2.05) is 0 Å². The molecule has 4 rings (SSSR count). The molecular weight excluding hydrogens is 507 g/mol. The summed E-state index contributed by atoms with van der Waals surface area (Å²) in [5.74, 6) is -0.456. The number of sulfonamides is 1. The minimum Gasteiger partial charge on any atom is -0.480 e. The third kappa shape index (κ3) is 5.99. The molecule has 0 aliphatic heterocycles. The number of fused-ring (bicyclic) bond motifs is 1. The molecular formula is C24H24ClFN6O3S. The van der Waals surface area contributed by atoms with Gasteiger partial charge < -0.3 is 15.0 Å². The largest absolute Gasteiger partial charge is 0.480 e. The number of rotatable bonds is 9. The van der Waals surface area contributed by atoms with Gasteiger partial charge in [0.25, 0.3) is 0 Å². The zero-order valence-corrected chi connectivity index (χ0v) is 21.4. The number of anilines is 3. The van der Waals surface area contributed by atoms with Crippen LogP contribution in [0.25, 0.3) is 22.3 Å². The molecule has 9 nitrogen and oxygen atoms in total. The minimum absolute atomic E-state index is 0.00289. The summed E-state index contributed by atoms with van der Waals surface area (Å²) < 4.78 is 46.5. The van der Waals surface area contributed by atoms with E-state index < -0.39 is 15.8 Å². The number of ether oxygens (including phenoxy) is 1. The molecule has 0 spiro atoms. The third-order valence-electron chi connectivity index (χ3n) is 5.20. The molecule has 2 N–H and O–H groups in total. The molecule has 188 valence electrons. The highest BCUT2D eigenvalue weighted by Gasteiger charge is 2.17. The maximum absolute atomic E-state index is 13.6. The van der Waals surface area contributed by atoms with Gasteiger partial charge in [-0.25, -0.2) is 22.8 Å². The maximum atomic E-state index is 13.6. The number of pyridine rings is 3. The van der Waals surface area contributed by atoms with Gasteiger partial charge in [0.05, 0.1) is 34.8 Å². The van der Waals surface area contributed by atoms with E-state index in [4.69, 9.17) is 21.3 Å². The lowest BCUT2D eigenvalue weighted by Crippen LogP contribution is -2.26. The first kappa shape index (κ1) is 25.5. The van der Waals surface area contributed by atoms with Crippen LogP contribution in [0.3, 0.4) is 0 Å². The van der Waals surface area contributed by atoms with E-state index in [0.29, 0.717) is 40.2 Å². The van der Waals surface area contributed by atoms with Gasteiger partial charge in [-0.2, -0.15) is 0 Å². The van der Waals surface area contributed by atoms with E-state index in [0.717, 1.165) is 0 Å². The Morgan fingerprint density at radius 2 is 1.89 bits per heavy atom. The van der Waals surface area contributed by atoms with Crippen LogP contribution in [0.2, 0.25) is 5.02 Å². The first-order valence-electron chi connectivity index (χ1n) is 10.8. The van der Waals surface area contributed by atoms with Crippen LogP contribution in [0.15, 0.2) is 54.9 Å². The molecule has 4 aromatic rings. The Morgan fingerprint density at radius 1 is 1.08 bits per heavy atom. The second kappa shape index (κ2) is 10.6. The van der Waals surface area contributed by atoms with Crippen molar-refractivity contribution >= 4 is 49.7 Å². The molecule has 0 saturated heterocycles. The molecule has 0 atom stereocenters. The number of nitrogens with one attached hydrogen (secondary N) is 2. The fourth-order valence-corrected chi connectivity index (χ4v) is 4.74.